The maximum atomic E-state index is 11.8. The Kier molecular flexibility index (Phi) is 5.38. The van der Waals surface area contributed by atoms with E-state index in [0.717, 1.165) is 18.8 Å². The van der Waals surface area contributed by atoms with Crippen LogP contribution in [0.3, 0.4) is 0 Å². The summed E-state index contributed by atoms with van der Waals surface area (Å²) in [5, 5.41) is 0.166. The summed E-state index contributed by atoms with van der Waals surface area (Å²) >= 11 is 1.80. The van der Waals surface area contributed by atoms with Crippen molar-refractivity contribution in [3.05, 3.63) is 0 Å². The second-order valence-electron chi connectivity index (χ2n) is 3.90. The van der Waals surface area contributed by atoms with E-state index in [2.05, 4.69) is 6.92 Å². The summed E-state index contributed by atoms with van der Waals surface area (Å²) in [7, 11) is 0. The van der Waals surface area contributed by atoms with Crippen LogP contribution in [0.5, 0.6) is 0 Å². The average molecular weight is 215 g/mol. The van der Waals surface area contributed by atoms with Crippen molar-refractivity contribution in [1.29, 1.82) is 0 Å². The van der Waals surface area contributed by atoms with Gasteiger partial charge in [-0.3, -0.25) is 4.79 Å². The van der Waals surface area contributed by atoms with E-state index in [0.29, 0.717) is 5.91 Å². The Bertz CT molecular complexity index is 178. The average Bonchev–Trinajstić information content (AvgIpc) is 2.69. The molecule has 0 radical (unpaired) electrons. The third kappa shape index (κ3) is 3.52. The minimum Gasteiger partial charge on any atom is -0.342 e. The van der Waals surface area contributed by atoms with E-state index in [1.165, 1.54) is 25.7 Å². The molecule has 0 aliphatic carbocycles. The van der Waals surface area contributed by atoms with Gasteiger partial charge >= 0.3 is 0 Å². The van der Waals surface area contributed by atoms with Gasteiger partial charge in [0.2, 0.25) is 5.91 Å². The lowest BCUT2D eigenvalue weighted by atomic mass is 10.4. The van der Waals surface area contributed by atoms with E-state index in [1.807, 2.05) is 11.8 Å². The number of thioether (sulfide) groups is 1. The normalized spacial score (nSPS) is 18.6. The first kappa shape index (κ1) is 11.9. The van der Waals surface area contributed by atoms with Crippen LogP contribution in [0.15, 0.2) is 0 Å². The van der Waals surface area contributed by atoms with Gasteiger partial charge in [-0.05, 0) is 31.9 Å². The van der Waals surface area contributed by atoms with E-state index in [-0.39, 0.29) is 5.25 Å². The molecular weight excluding hydrogens is 194 g/mol. The highest BCUT2D eigenvalue weighted by atomic mass is 32.2. The monoisotopic (exact) mass is 215 g/mol. The predicted octanol–water partition coefficient (Wildman–Crippen LogP) is 2.53. The molecule has 0 N–H and O–H groups in total. The van der Waals surface area contributed by atoms with Gasteiger partial charge in [0, 0.05) is 13.1 Å². The van der Waals surface area contributed by atoms with Gasteiger partial charge in [0.15, 0.2) is 0 Å². The third-order valence-corrected chi connectivity index (χ3v) is 3.86. The van der Waals surface area contributed by atoms with Crippen LogP contribution in [-0.4, -0.2) is 34.9 Å². The molecule has 0 aromatic carbocycles. The van der Waals surface area contributed by atoms with E-state index in [4.69, 9.17) is 0 Å². The lowest BCUT2D eigenvalue weighted by Gasteiger charge is -2.19. The van der Waals surface area contributed by atoms with Gasteiger partial charge in [0.1, 0.15) is 0 Å². The standard InChI is InChI=1S/C11H21NOS/c1-3-4-9-14-10(2)11(13)12-7-5-6-8-12/h10H,3-9H2,1-2H3. The first-order chi connectivity index (χ1) is 6.75. The summed E-state index contributed by atoms with van der Waals surface area (Å²) in [5.74, 6) is 1.47. The maximum absolute atomic E-state index is 11.8. The Morgan fingerprint density at radius 1 is 1.43 bits per heavy atom. The molecule has 0 bridgehead atoms. The van der Waals surface area contributed by atoms with Crippen molar-refractivity contribution in [2.24, 2.45) is 0 Å². The molecule has 3 heteroatoms. The highest BCUT2D eigenvalue weighted by Crippen LogP contribution is 2.18. The molecule has 1 heterocycles. The Hall–Kier alpha value is -0.180. The molecule has 0 saturated carbocycles. The van der Waals surface area contributed by atoms with Gasteiger partial charge in [0.05, 0.1) is 5.25 Å². The van der Waals surface area contributed by atoms with Crippen molar-refractivity contribution in [3.8, 4) is 0 Å². The van der Waals surface area contributed by atoms with Crippen molar-refractivity contribution >= 4 is 17.7 Å². The number of rotatable bonds is 5. The minimum absolute atomic E-state index is 0.166. The quantitative estimate of drug-likeness (QED) is 0.657. The zero-order valence-corrected chi connectivity index (χ0v) is 10.1. The molecule has 2 nitrogen and oxygen atoms in total. The minimum atomic E-state index is 0.166. The molecule has 82 valence electrons. The number of unbranched alkanes of at least 4 members (excludes halogenated alkanes) is 1. The summed E-state index contributed by atoms with van der Waals surface area (Å²) in [5.41, 5.74) is 0. The highest BCUT2D eigenvalue weighted by Gasteiger charge is 2.22. The van der Waals surface area contributed by atoms with E-state index < -0.39 is 0 Å². The molecule has 1 fully saturated rings. The number of hydrogen-bond acceptors (Lipinski definition) is 2. The fourth-order valence-electron chi connectivity index (χ4n) is 1.67. The van der Waals surface area contributed by atoms with Crippen molar-refractivity contribution < 1.29 is 4.79 Å². The van der Waals surface area contributed by atoms with Crippen molar-refractivity contribution in [2.75, 3.05) is 18.8 Å². The fraction of sp³-hybridized carbons (Fsp3) is 0.909. The smallest absolute Gasteiger partial charge is 0.235 e. The van der Waals surface area contributed by atoms with E-state index in [1.54, 1.807) is 11.8 Å². The molecule has 0 aromatic heterocycles. The van der Waals surface area contributed by atoms with Crippen LogP contribution in [-0.2, 0) is 4.79 Å². The predicted molar refractivity (Wildman–Crippen MR) is 62.6 cm³/mol. The Balaban J connectivity index is 2.21. The summed E-state index contributed by atoms with van der Waals surface area (Å²) in [6, 6.07) is 0. The third-order valence-electron chi connectivity index (χ3n) is 2.63. The van der Waals surface area contributed by atoms with Crippen LogP contribution in [0, 0.1) is 0 Å². The second-order valence-corrected chi connectivity index (χ2v) is 5.35. The summed E-state index contributed by atoms with van der Waals surface area (Å²) < 4.78 is 0. The van der Waals surface area contributed by atoms with Crippen molar-refractivity contribution in [1.82, 2.24) is 4.90 Å². The topological polar surface area (TPSA) is 20.3 Å². The van der Waals surface area contributed by atoms with Crippen molar-refractivity contribution in [2.45, 2.75) is 44.8 Å². The molecule has 1 saturated heterocycles. The molecule has 1 atom stereocenters. The summed E-state index contributed by atoms with van der Waals surface area (Å²) in [6.07, 6.45) is 4.83. The number of likely N-dealkylation sites (tertiary alicyclic amines) is 1. The van der Waals surface area contributed by atoms with Gasteiger partial charge in [-0.25, -0.2) is 0 Å². The summed E-state index contributed by atoms with van der Waals surface area (Å²) in [4.78, 5) is 13.9. The number of nitrogens with zero attached hydrogens (tertiary/aromatic N) is 1. The Morgan fingerprint density at radius 2 is 2.07 bits per heavy atom. The lowest BCUT2D eigenvalue weighted by molar-refractivity contribution is -0.129. The molecule has 14 heavy (non-hydrogen) atoms. The zero-order chi connectivity index (χ0) is 10.4. The molecule has 0 spiro atoms. The van der Waals surface area contributed by atoms with Crippen LogP contribution in [0.4, 0.5) is 0 Å². The molecule has 1 amide bonds. The molecule has 1 aliphatic rings. The van der Waals surface area contributed by atoms with E-state index >= 15 is 0 Å². The van der Waals surface area contributed by atoms with Crippen molar-refractivity contribution in [3.63, 3.8) is 0 Å². The van der Waals surface area contributed by atoms with Gasteiger partial charge in [-0.1, -0.05) is 13.3 Å². The largest absolute Gasteiger partial charge is 0.342 e. The number of carbonyl (C=O) groups excluding carboxylic acids is 1. The van der Waals surface area contributed by atoms with Gasteiger partial charge < -0.3 is 4.90 Å². The molecule has 0 aromatic rings. The Morgan fingerprint density at radius 3 is 2.64 bits per heavy atom. The first-order valence-corrected chi connectivity index (χ1v) is 6.71. The van der Waals surface area contributed by atoms with Crippen LogP contribution in [0.1, 0.15) is 39.5 Å². The molecular formula is C11H21NOS. The second kappa shape index (κ2) is 6.33. The lowest BCUT2D eigenvalue weighted by Crippen LogP contribution is -2.34. The maximum Gasteiger partial charge on any atom is 0.235 e. The van der Waals surface area contributed by atoms with Crippen LogP contribution in [0.25, 0.3) is 0 Å². The van der Waals surface area contributed by atoms with Crippen LogP contribution >= 0.6 is 11.8 Å². The SMILES string of the molecule is CCCCSC(C)C(=O)N1CCCC1. The number of amides is 1. The number of hydrogen-bond donors (Lipinski definition) is 0. The molecule has 1 unspecified atom stereocenters. The molecule has 1 rings (SSSR count). The fourth-order valence-corrected chi connectivity index (χ4v) is 2.77. The Labute approximate surface area is 91.4 Å². The van der Waals surface area contributed by atoms with Gasteiger partial charge in [-0.15, -0.1) is 11.8 Å². The van der Waals surface area contributed by atoms with Gasteiger partial charge in [-0.2, -0.15) is 0 Å². The van der Waals surface area contributed by atoms with E-state index in [9.17, 15) is 4.79 Å². The first-order valence-electron chi connectivity index (χ1n) is 5.66. The molecule has 1 aliphatic heterocycles. The van der Waals surface area contributed by atoms with Crippen LogP contribution in [0.2, 0.25) is 0 Å². The number of carbonyl (C=O) groups is 1. The zero-order valence-electron chi connectivity index (χ0n) is 9.29. The highest BCUT2D eigenvalue weighted by molar-refractivity contribution is 8.00. The van der Waals surface area contributed by atoms with Crippen LogP contribution < -0.4 is 0 Å². The summed E-state index contributed by atoms with van der Waals surface area (Å²) in [6.45, 7) is 6.20. The van der Waals surface area contributed by atoms with Gasteiger partial charge in [0.25, 0.3) is 0 Å².